The maximum absolute atomic E-state index is 6.24. The van der Waals surface area contributed by atoms with Crippen LogP contribution in [0.4, 0.5) is 5.95 Å². The second kappa shape index (κ2) is 6.51. The van der Waals surface area contributed by atoms with E-state index in [0.29, 0.717) is 16.0 Å². The lowest BCUT2D eigenvalue weighted by Gasteiger charge is -2.18. The van der Waals surface area contributed by atoms with Gasteiger partial charge in [0, 0.05) is 29.0 Å². The Balaban J connectivity index is 2.15. The molecule has 0 bridgehead atoms. The molecule has 20 heavy (non-hydrogen) atoms. The third-order valence-electron chi connectivity index (χ3n) is 3.05. The molecule has 1 heterocycles. The summed E-state index contributed by atoms with van der Waals surface area (Å²) in [6.07, 6.45) is 3.79. The van der Waals surface area contributed by atoms with Crippen LogP contribution < -0.4 is 5.32 Å². The average molecular weight is 312 g/mol. The number of aromatic nitrogens is 2. The van der Waals surface area contributed by atoms with Crippen molar-refractivity contribution in [3.8, 4) is 0 Å². The van der Waals surface area contributed by atoms with Crippen molar-refractivity contribution in [2.45, 2.75) is 33.4 Å². The molecule has 0 fully saturated rings. The van der Waals surface area contributed by atoms with Crippen molar-refractivity contribution in [2.75, 3.05) is 5.32 Å². The molecule has 108 valence electrons. The number of nitrogens with zero attached hydrogens (tertiary/aromatic N) is 2. The number of anilines is 1. The lowest BCUT2D eigenvalue weighted by Crippen LogP contribution is -2.13. The predicted octanol–water partition coefficient (Wildman–Crippen LogP) is 5.02. The summed E-state index contributed by atoms with van der Waals surface area (Å²) in [5.74, 6) is 1.43. The molecule has 2 aromatic rings. The summed E-state index contributed by atoms with van der Waals surface area (Å²) >= 11 is 12.2. The highest BCUT2D eigenvalue weighted by Crippen LogP contribution is 2.28. The normalized spacial score (nSPS) is 12.7. The van der Waals surface area contributed by atoms with Crippen LogP contribution in [0.25, 0.3) is 0 Å². The zero-order valence-corrected chi connectivity index (χ0v) is 13.4. The van der Waals surface area contributed by atoms with E-state index in [-0.39, 0.29) is 6.04 Å². The highest BCUT2D eigenvalue weighted by atomic mass is 35.5. The molecule has 0 aliphatic rings. The second-order valence-electron chi connectivity index (χ2n) is 5.33. The van der Waals surface area contributed by atoms with Crippen LogP contribution in [0.2, 0.25) is 10.0 Å². The van der Waals surface area contributed by atoms with Crippen LogP contribution in [0.3, 0.4) is 0 Å². The largest absolute Gasteiger partial charge is 0.349 e. The molecule has 1 atom stereocenters. The first kappa shape index (κ1) is 15.2. The van der Waals surface area contributed by atoms with E-state index in [4.69, 9.17) is 23.2 Å². The van der Waals surface area contributed by atoms with E-state index in [0.717, 1.165) is 18.1 Å². The monoisotopic (exact) mass is 311 g/mol. The average Bonchev–Trinajstić information content (AvgIpc) is 2.75. The van der Waals surface area contributed by atoms with Crippen LogP contribution in [-0.4, -0.2) is 9.55 Å². The van der Waals surface area contributed by atoms with Crippen molar-refractivity contribution in [1.29, 1.82) is 0 Å². The van der Waals surface area contributed by atoms with Gasteiger partial charge in [0.25, 0.3) is 0 Å². The summed E-state index contributed by atoms with van der Waals surface area (Å²) in [5, 5.41) is 4.71. The summed E-state index contributed by atoms with van der Waals surface area (Å²) in [7, 11) is 0. The summed E-state index contributed by atoms with van der Waals surface area (Å²) < 4.78 is 2.12. The van der Waals surface area contributed by atoms with E-state index in [2.05, 4.69) is 35.6 Å². The van der Waals surface area contributed by atoms with E-state index >= 15 is 0 Å². The fraction of sp³-hybridized carbons (Fsp3) is 0.400. The third kappa shape index (κ3) is 3.68. The molecule has 1 unspecified atom stereocenters. The Hall–Kier alpha value is -1.19. The SMILES string of the molecule is CC(C)Cn1ccnc1NC(C)c1ccc(Cl)cc1Cl. The van der Waals surface area contributed by atoms with E-state index in [1.807, 2.05) is 18.3 Å². The highest BCUT2D eigenvalue weighted by Gasteiger charge is 2.13. The number of hydrogen-bond acceptors (Lipinski definition) is 2. The molecule has 3 nitrogen and oxygen atoms in total. The molecule has 2 rings (SSSR count). The van der Waals surface area contributed by atoms with Gasteiger partial charge in [-0.15, -0.1) is 0 Å². The number of halogens is 2. The van der Waals surface area contributed by atoms with Crippen molar-refractivity contribution in [1.82, 2.24) is 9.55 Å². The second-order valence-corrected chi connectivity index (χ2v) is 6.17. The van der Waals surface area contributed by atoms with Gasteiger partial charge in [-0.05, 0) is 30.5 Å². The number of benzene rings is 1. The van der Waals surface area contributed by atoms with Crippen molar-refractivity contribution in [2.24, 2.45) is 5.92 Å². The first-order valence-electron chi connectivity index (χ1n) is 6.70. The standard InChI is InChI=1S/C15H19Cl2N3/c1-10(2)9-20-7-6-18-15(20)19-11(3)13-5-4-12(16)8-14(13)17/h4-8,10-11H,9H2,1-3H3,(H,18,19). The summed E-state index contributed by atoms with van der Waals surface area (Å²) in [6, 6.07) is 5.62. The summed E-state index contributed by atoms with van der Waals surface area (Å²) in [5.41, 5.74) is 1.01. The van der Waals surface area contributed by atoms with Gasteiger partial charge < -0.3 is 9.88 Å². The van der Waals surface area contributed by atoms with Gasteiger partial charge in [0.05, 0.1) is 6.04 Å². The third-order valence-corrected chi connectivity index (χ3v) is 3.61. The van der Waals surface area contributed by atoms with Crippen LogP contribution in [-0.2, 0) is 6.54 Å². The molecule has 1 N–H and O–H groups in total. The van der Waals surface area contributed by atoms with Crippen molar-refractivity contribution in [3.63, 3.8) is 0 Å². The zero-order valence-electron chi connectivity index (χ0n) is 11.9. The first-order chi connectivity index (χ1) is 9.47. The Labute approximate surface area is 129 Å². The quantitative estimate of drug-likeness (QED) is 0.840. The van der Waals surface area contributed by atoms with Crippen LogP contribution in [0.1, 0.15) is 32.4 Å². The molecule has 0 spiro atoms. The maximum atomic E-state index is 6.24. The molecular formula is C15H19Cl2N3. The Morgan fingerprint density at radius 1 is 1.25 bits per heavy atom. The zero-order chi connectivity index (χ0) is 14.7. The van der Waals surface area contributed by atoms with Gasteiger partial charge in [0.2, 0.25) is 5.95 Å². The van der Waals surface area contributed by atoms with Gasteiger partial charge >= 0.3 is 0 Å². The van der Waals surface area contributed by atoms with E-state index < -0.39 is 0 Å². The minimum absolute atomic E-state index is 0.0630. The van der Waals surface area contributed by atoms with Crippen LogP contribution in [0, 0.1) is 5.92 Å². The number of hydrogen-bond donors (Lipinski definition) is 1. The molecule has 0 saturated carbocycles. The molecule has 0 amide bonds. The maximum Gasteiger partial charge on any atom is 0.203 e. The predicted molar refractivity (Wildman–Crippen MR) is 85.6 cm³/mol. The summed E-state index contributed by atoms with van der Waals surface area (Å²) in [6.45, 7) is 7.36. The van der Waals surface area contributed by atoms with Gasteiger partial charge in [-0.2, -0.15) is 0 Å². The highest BCUT2D eigenvalue weighted by molar-refractivity contribution is 6.35. The van der Waals surface area contributed by atoms with Gasteiger partial charge in [-0.3, -0.25) is 0 Å². The van der Waals surface area contributed by atoms with Crippen LogP contribution >= 0.6 is 23.2 Å². The Morgan fingerprint density at radius 3 is 2.65 bits per heavy atom. The minimum Gasteiger partial charge on any atom is -0.349 e. The number of rotatable bonds is 5. The van der Waals surface area contributed by atoms with Crippen LogP contribution in [0.5, 0.6) is 0 Å². The molecular weight excluding hydrogens is 293 g/mol. The van der Waals surface area contributed by atoms with Gasteiger partial charge in [-0.25, -0.2) is 4.98 Å². The molecule has 0 aliphatic carbocycles. The Bertz CT molecular complexity index is 578. The van der Waals surface area contributed by atoms with Crippen molar-refractivity contribution < 1.29 is 0 Å². The lowest BCUT2D eigenvalue weighted by atomic mass is 10.1. The molecule has 0 radical (unpaired) electrons. The van der Waals surface area contributed by atoms with Crippen LogP contribution in [0.15, 0.2) is 30.6 Å². The minimum atomic E-state index is 0.0630. The molecule has 5 heteroatoms. The molecule has 0 saturated heterocycles. The van der Waals surface area contributed by atoms with Gasteiger partial charge in [-0.1, -0.05) is 43.1 Å². The van der Waals surface area contributed by atoms with Crippen molar-refractivity contribution in [3.05, 3.63) is 46.2 Å². The topological polar surface area (TPSA) is 29.9 Å². The van der Waals surface area contributed by atoms with E-state index in [1.165, 1.54) is 0 Å². The van der Waals surface area contributed by atoms with E-state index in [1.54, 1.807) is 12.3 Å². The molecule has 0 aliphatic heterocycles. The first-order valence-corrected chi connectivity index (χ1v) is 7.45. The number of imidazole rings is 1. The fourth-order valence-corrected chi connectivity index (χ4v) is 2.69. The number of nitrogens with one attached hydrogen (secondary N) is 1. The van der Waals surface area contributed by atoms with Gasteiger partial charge in [0.15, 0.2) is 0 Å². The fourth-order valence-electron chi connectivity index (χ4n) is 2.11. The Kier molecular flexibility index (Phi) is 4.95. The molecule has 1 aromatic heterocycles. The van der Waals surface area contributed by atoms with Gasteiger partial charge in [0.1, 0.15) is 0 Å². The van der Waals surface area contributed by atoms with Crippen molar-refractivity contribution >= 4 is 29.2 Å². The Morgan fingerprint density at radius 2 is 2.00 bits per heavy atom. The lowest BCUT2D eigenvalue weighted by molar-refractivity contribution is 0.524. The van der Waals surface area contributed by atoms with E-state index in [9.17, 15) is 0 Å². The molecule has 1 aromatic carbocycles. The smallest absolute Gasteiger partial charge is 0.203 e. The summed E-state index contributed by atoms with van der Waals surface area (Å²) in [4.78, 5) is 4.36.